The Morgan fingerprint density at radius 1 is 0.821 bits per heavy atom. The van der Waals surface area contributed by atoms with Crippen molar-refractivity contribution in [2.24, 2.45) is 0 Å². The van der Waals surface area contributed by atoms with Crippen LogP contribution in [0.25, 0.3) is 11.4 Å². The lowest BCUT2D eigenvalue weighted by Crippen LogP contribution is -2.33. The molecule has 148 valence electrons. The Bertz CT molecular complexity index is 796. The van der Waals surface area contributed by atoms with Crippen molar-refractivity contribution in [2.45, 2.75) is 63.6 Å². The molecule has 1 heterocycles. The number of thioether (sulfide) groups is 1. The van der Waals surface area contributed by atoms with E-state index >= 15 is 0 Å². The number of hydrogen-bond acceptors (Lipinski definition) is 1. The number of imidazole rings is 1. The Balaban J connectivity index is 1.63. The van der Waals surface area contributed by atoms with Gasteiger partial charge in [-0.05, 0) is 30.5 Å². The molecule has 0 unspecified atom stereocenters. The van der Waals surface area contributed by atoms with Crippen LogP contribution in [0.2, 0.25) is 0 Å². The lowest BCUT2D eigenvalue weighted by Gasteiger charge is -2.06. The molecule has 0 atom stereocenters. The maximum Gasteiger partial charge on any atom is 0.289 e. The molecule has 2 nitrogen and oxygen atoms in total. The molecule has 0 radical (unpaired) electrons. The fourth-order valence-corrected chi connectivity index (χ4v) is 4.49. The molecule has 1 aromatic heterocycles. The smallest absolute Gasteiger partial charge is 0.230 e. The topological polar surface area (TPSA) is 8.81 Å². The van der Waals surface area contributed by atoms with Gasteiger partial charge < -0.3 is 0 Å². The molecular formula is C25H33N2S+. The molecule has 0 spiro atoms. The Morgan fingerprint density at radius 3 is 2.25 bits per heavy atom. The third-order valence-corrected chi connectivity index (χ3v) is 6.10. The van der Waals surface area contributed by atoms with Gasteiger partial charge >= 0.3 is 0 Å². The average Bonchev–Trinajstić information content (AvgIpc) is 3.15. The van der Waals surface area contributed by atoms with Gasteiger partial charge in [0, 0.05) is 5.75 Å². The van der Waals surface area contributed by atoms with Crippen molar-refractivity contribution in [2.75, 3.05) is 0 Å². The minimum atomic E-state index is 0.975. The summed E-state index contributed by atoms with van der Waals surface area (Å²) in [6.45, 7) is 3.38. The van der Waals surface area contributed by atoms with Gasteiger partial charge in [-0.15, -0.1) is 11.8 Å². The number of aromatic nitrogens is 2. The predicted octanol–water partition coefficient (Wildman–Crippen LogP) is 6.69. The summed E-state index contributed by atoms with van der Waals surface area (Å²) < 4.78 is 4.85. The Kier molecular flexibility index (Phi) is 8.70. The predicted molar refractivity (Wildman–Crippen MR) is 121 cm³/mol. The minimum absolute atomic E-state index is 0.975. The monoisotopic (exact) mass is 393 g/mol. The molecule has 0 bridgehead atoms. The van der Waals surface area contributed by atoms with Crippen LogP contribution >= 0.6 is 11.8 Å². The number of nitrogens with zero attached hydrogens (tertiary/aromatic N) is 2. The molecule has 2 aromatic carbocycles. The lowest BCUT2D eigenvalue weighted by atomic mass is 10.1. The molecule has 0 saturated carbocycles. The van der Waals surface area contributed by atoms with Crippen LogP contribution in [-0.4, -0.2) is 4.57 Å². The molecule has 0 amide bonds. The second kappa shape index (κ2) is 11.8. The fourth-order valence-electron chi connectivity index (χ4n) is 3.57. The number of benzene rings is 2. The average molecular weight is 394 g/mol. The standard InChI is InChI=1S/C25H33N2S/c1-2-3-4-5-6-13-18-26-19-20-27(25(26)24-16-11-8-12-17-24)22-28-21-23-14-9-7-10-15-23/h7-12,14-17,19-20H,2-6,13,18,21-22H2,1H3/q+1. The van der Waals surface area contributed by atoms with Gasteiger partial charge in [-0.2, -0.15) is 0 Å². The zero-order valence-electron chi connectivity index (χ0n) is 17.1. The van der Waals surface area contributed by atoms with Gasteiger partial charge in [0.15, 0.2) is 0 Å². The summed E-state index contributed by atoms with van der Waals surface area (Å²) in [6, 6.07) is 21.6. The number of unbranched alkanes of at least 4 members (excludes halogenated alkanes) is 5. The summed E-state index contributed by atoms with van der Waals surface area (Å²) >= 11 is 1.97. The molecule has 3 rings (SSSR count). The second-order valence-electron chi connectivity index (χ2n) is 7.38. The van der Waals surface area contributed by atoms with Crippen LogP contribution in [0.15, 0.2) is 73.1 Å². The van der Waals surface area contributed by atoms with Gasteiger partial charge in [0.1, 0.15) is 18.3 Å². The quantitative estimate of drug-likeness (QED) is 0.246. The van der Waals surface area contributed by atoms with Gasteiger partial charge in [0.2, 0.25) is 0 Å². The fraction of sp³-hybridized carbons (Fsp3) is 0.400. The van der Waals surface area contributed by atoms with Gasteiger partial charge in [-0.3, -0.25) is 0 Å². The number of rotatable bonds is 12. The highest BCUT2D eigenvalue weighted by atomic mass is 32.2. The van der Waals surface area contributed by atoms with Crippen molar-refractivity contribution in [3.8, 4) is 11.4 Å². The van der Waals surface area contributed by atoms with E-state index in [1.807, 2.05) is 11.8 Å². The van der Waals surface area contributed by atoms with E-state index in [1.165, 1.54) is 55.5 Å². The zero-order valence-corrected chi connectivity index (χ0v) is 17.9. The lowest BCUT2D eigenvalue weighted by molar-refractivity contribution is -0.664. The molecule has 0 N–H and O–H groups in total. The third kappa shape index (κ3) is 6.27. The summed E-state index contributed by atoms with van der Waals surface area (Å²) in [5.74, 6) is 3.35. The highest BCUT2D eigenvalue weighted by Gasteiger charge is 2.18. The molecule has 0 aliphatic carbocycles. The number of aryl methyl sites for hydroxylation is 1. The SMILES string of the molecule is CCCCCCCCn1cc[n+](CSCc2ccccc2)c1-c1ccccc1. The largest absolute Gasteiger partial charge is 0.289 e. The molecular weight excluding hydrogens is 360 g/mol. The van der Waals surface area contributed by atoms with Crippen LogP contribution < -0.4 is 4.57 Å². The molecule has 28 heavy (non-hydrogen) atoms. The molecule has 0 aliphatic rings. The highest BCUT2D eigenvalue weighted by molar-refractivity contribution is 7.97. The summed E-state index contributed by atoms with van der Waals surface area (Å²) in [4.78, 5) is 0. The van der Waals surface area contributed by atoms with E-state index in [4.69, 9.17) is 0 Å². The van der Waals surface area contributed by atoms with E-state index in [0.29, 0.717) is 0 Å². The molecule has 0 fully saturated rings. The molecule has 0 aliphatic heterocycles. The van der Waals surface area contributed by atoms with Crippen LogP contribution in [0.3, 0.4) is 0 Å². The van der Waals surface area contributed by atoms with E-state index in [1.54, 1.807) is 0 Å². The third-order valence-electron chi connectivity index (χ3n) is 5.10. The van der Waals surface area contributed by atoms with Crippen molar-refractivity contribution >= 4 is 11.8 Å². The second-order valence-corrected chi connectivity index (χ2v) is 8.34. The Morgan fingerprint density at radius 2 is 1.50 bits per heavy atom. The minimum Gasteiger partial charge on any atom is -0.230 e. The normalized spacial score (nSPS) is 11.0. The Labute approximate surface area is 174 Å². The summed E-state index contributed by atoms with van der Waals surface area (Å²) in [5, 5.41) is 0. The maximum atomic E-state index is 2.44. The van der Waals surface area contributed by atoms with Crippen LogP contribution in [0, 0.1) is 0 Å². The summed E-state index contributed by atoms with van der Waals surface area (Å²) in [7, 11) is 0. The molecule has 3 heteroatoms. The number of hydrogen-bond donors (Lipinski definition) is 0. The van der Waals surface area contributed by atoms with Crippen molar-refractivity contribution in [3.63, 3.8) is 0 Å². The van der Waals surface area contributed by atoms with E-state index in [0.717, 1.165) is 18.2 Å². The highest BCUT2D eigenvalue weighted by Crippen LogP contribution is 2.19. The zero-order chi connectivity index (χ0) is 19.4. The molecule has 0 saturated heterocycles. The van der Waals surface area contributed by atoms with E-state index < -0.39 is 0 Å². The maximum absolute atomic E-state index is 2.44. The van der Waals surface area contributed by atoms with Crippen molar-refractivity contribution in [1.82, 2.24) is 4.57 Å². The van der Waals surface area contributed by atoms with Gasteiger partial charge in [0.05, 0.1) is 12.1 Å². The summed E-state index contributed by atoms with van der Waals surface area (Å²) in [5.41, 5.74) is 2.69. The first-order chi connectivity index (χ1) is 13.9. The van der Waals surface area contributed by atoms with E-state index in [9.17, 15) is 0 Å². The van der Waals surface area contributed by atoms with Crippen LogP contribution in [0.1, 0.15) is 51.0 Å². The van der Waals surface area contributed by atoms with Crippen molar-refractivity contribution < 1.29 is 4.57 Å². The van der Waals surface area contributed by atoms with Gasteiger partial charge in [0.25, 0.3) is 5.82 Å². The van der Waals surface area contributed by atoms with Crippen molar-refractivity contribution in [1.29, 1.82) is 0 Å². The van der Waals surface area contributed by atoms with E-state index in [2.05, 4.69) is 89.1 Å². The van der Waals surface area contributed by atoms with Gasteiger partial charge in [-0.25, -0.2) is 9.13 Å². The van der Waals surface area contributed by atoms with Gasteiger partial charge in [-0.1, -0.05) is 81.1 Å². The summed E-state index contributed by atoms with van der Waals surface area (Å²) in [6.07, 6.45) is 12.5. The van der Waals surface area contributed by atoms with Crippen LogP contribution in [0.4, 0.5) is 0 Å². The van der Waals surface area contributed by atoms with Crippen LogP contribution in [-0.2, 0) is 18.2 Å². The van der Waals surface area contributed by atoms with Crippen LogP contribution in [0.5, 0.6) is 0 Å². The first kappa shape index (κ1) is 20.7. The van der Waals surface area contributed by atoms with E-state index in [-0.39, 0.29) is 0 Å². The Hall–Kier alpha value is -2.00. The van der Waals surface area contributed by atoms with Crippen molar-refractivity contribution in [3.05, 3.63) is 78.6 Å². The first-order valence-corrected chi connectivity index (χ1v) is 11.8. The first-order valence-electron chi connectivity index (χ1n) is 10.6. The molecule has 3 aromatic rings.